The third-order valence-corrected chi connectivity index (χ3v) is 3.55. The standard InChI is InChI=1S/C14H16N4/c1-10-17-12-3-2-11(6-13(12)18-10)7-16-9-14(8-15)4-5-14/h2-3,6,16H,4-5,7,9H2,1H3,(H,17,18). The van der Waals surface area contributed by atoms with Gasteiger partial charge in [-0.3, -0.25) is 0 Å². The largest absolute Gasteiger partial charge is 0.342 e. The second-order valence-corrected chi connectivity index (χ2v) is 5.17. The average Bonchev–Trinajstić information content (AvgIpc) is 3.04. The van der Waals surface area contributed by atoms with E-state index in [0.717, 1.165) is 42.8 Å². The predicted octanol–water partition coefficient (Wildman–Crippen LogP) is 2.26. The van der Waals surface area contributed by atoms with Crippen LogP contribution in [0.1, 0.15) is 24.2 Å². The van der Waals surface area contributed by atoms with Crippen LogP contribution in [0, 0.1) is 23.7 Å². The predicted molar refractivity (Wildman–Crippen MR) is 69.8 cm³/mol. The highest BCUT2D eigenvalue weighted by Gasteiger charge is 2.42. The summed E-state index contributed by atoms with van der Waals surface area (Å²) in [6.07, 6.45) is 2.07. The first-order chi connectivity index (χ1) is 8.71. The Balaban J connectivity index is 1.66. The number of benzene rings is 1. The molecule has 2 N–H and O–H groups in total. The maximum atomic E-state index is 8.99. The molecule has 2 aromatic rings. The Bertz CT molecular complexity index is 616. The van der Waals surface area contributed by atoms with Crippen LogP contribution in [0.2, 0.25) is 0 Å². The molecule has 0 aliphatic heterocycles. The fraction of sp³-hybridized carbons (Fsp3) is 0.429. The first-order valence-corrected chi connectivity index (χ1v) is 6.28. The lowest BCUT2D eigenvalue weighted by Crippen LogP contribution is -2.22. The van der Waals surface area contributed by atoms with E-state index in [4.69, 9.17) is 5.26 Å². The summed E-state index contributed by atoms with van der Waals surface area (Å²) in [4.78, 5) is 7.62. The summed E-state index contributed by atoms with van der Waals surface area (Å²) < 4.78 is 0. The third-order valence-electron chi connectivity index (χ3n) is 3.55. The Morgan fingerprint density at radius 2 is 2.33 bits per heavy atom. The van der Waals surface area contributed by atoms with E-state index >= 15 is 0 Å². The Morgan fingerprint density at radius 1 is 1.50 bits per heavy atom. The van der Waals surface area contributed by atoms with Crippen molar-refractivity contribution in [3.63, 3.8) is 0 Å². The third kappa shape index (κ3) is 2.09. The number of H-pyrrole nitrogens is 1. The lowest BCUT2D eigenvalue weighted by Gasteiger charge is -2.07. The topological polar surface area (TPSA) is 64.5 Å². The van der Waals surface area contributed by atoms with E-state index in [0.29, 0.717) is 0 Å². The van der Waals surface area contributed by atoms with Crippen LogP contribution in [0.5, 0.6) is 0 Å². The van der Waals surface area contributed by atoms with Gasteiger partial charge in [0.1, 0.15) is 5.82 Å². The number of aromatic amines is 1. The summed E-state index contributed by atoms with van der Waals surface area (Å²) in [6.45, 7) is 3.56. The van der Waals surface area contributed by atoms with E-state index < -0.39 is 0 Å². The molecular formula is C14H16N4. The molecule has 0 saturated heterocycles. The molecule has 1 saturated carbocycles. The Morgan fingerprint density at radius 3 is 3.06 bits per heavy atom. The molecule has 1 aliphatic carbocycles. The van der Waals surface area contributed by atoms with Gasteiger partial charge in [-0.2, -0.15) is 5.26 Å². The number of nitrogens with one attached hydrogen (secondary N) is 2. The van der Waals surface area contributed by atoms with Crippen molar-refractivity contribution < 1.29 is 0 Å². The molecule has 92 valence electrons. The van der Waals surface area contributed by atoms with Crippen LogP contribution in [0.3, 0.4) is 0 Å². The van der Waals surface area contributed by atoms with Gasteiger partial charge in [0.25, 0.3) is 0 Å². The molecule has 0 spiro atoms. The van der Waals surface area contributed by atoms with Crippen LogP contribution in [-0.2, 0) is 6.54 Å². The van der Waals surface area contributed by atoms with Crippen LogP contribution >= 0.6 is 0 Å². The molecule has 4 nitrogen and oxygen atoms in total. The van der Waals surface area contributed by atoms with Crippen LogP contribution in [0.25, 0.3) is 11.0 Å². The van der Waals surface area contributed by atoms with Gasteiger partial charge in [0.05, 0.1) is 22.5 Å². The summed E-state index contributed by atoms with van der Waals surface area (Å²) in [5.41, 5.74) is 3.23. The van der Waals surface area contributed by atoms with Crippen LogP contribution in [0.4, 0.5) is 0 Å². The number of aryl methyl sites for hydroxylation is 1. The monoisotopic (exact) mass is 240 g/mol. The molecule has 1 aromatic heterocycles. The van der Waals surface area contributed by atoms with E-state index in [-0.39, 0.29) is 5.41 Å². The molecule has 0 amide bonds. The molecule has 1 aliphatic rings. The maximum absolute atomic E-state index is 8.99. The SMILES string of the molecule is Cc1nc2ccc(CNCC3(C#N)CC3)cc2[nH]1. The molecule has 1 heterocycles. The summed E-state index contributed by atoms with van der Waals surface area (Å²) in [6, 6.07) is 8.63. The van der Waals surface area contributed by atoms with Crippen LogP contribution < -0.4 is 5.32 Å². The van der Waals surface area contributed by atoms with E-state index in [9.17, 15) is 0 Å². The van der Waals surface area contributed by atoms with Crippen molar-refractivity contribution in [2.75, 3.05) is 6.54 Å². The average molecular weight is 240 g/mol. The van der Waals surface area contributed by atoms with Gasteiger partial charge in [-0.25, -0.2) is 4.98 Å². The lowest BCUT2D eigenvalue weighted by molar-refractivity contribution is 0.558. The summed E-state index contributed by atoms with van der Waals surface area (Å²) in [5, 5.41) is 12.4. The smallest absolute Gasteiger partial charge is 0.104 e. The molecule has 0 atom stereocenters. The van der Waals surface area contributed by atoms with Gasteiger partial charge in [0.2, 0.25) is 0 Å². The van der Waals surface area contributed by atoms with Crippen molar-refractivity contribution in [1.29, 1.82) is 5.26 Å². The Labute approximate surface area is 106 Å². The quantitative estimate of drug-likeness (QED) is 0.861. The Kier molecular flexibility index (Phi) is 2.57. The number of hydrogen-bond donors (Lipinski definition) is 2. The molecule has 0 bridgehead atoms. The fourth-order valence-electron chi connectivity index (χ4n) is 2.22. The second-order valence-electron chi connectivity index (χ2n) is 5.17. The van der Waals surface area contributed by atoms with Crippen LogP contribution in [-0.4, -0.2) is 16.5 Å². The normalized spacial score (nSPS) is 16.7. The minimum Gasteiger partial charge on any atom is -0.342 e. The van der Waals surface area contributed by atoms with E-state index in [2.05, 4.69) is 33.5 Å². The first kappa shape index (κ1) is 11.2. The highest BCUT2D eigenvalue weighted by molar-refractivity contribution is 5.75. The van der Waals surface area contributed by atoms with Crippen molar-refractivity contribution in [2.24, 2.45) is 5.41 Å². The zero-order chi connectivity index (χ0) is 12.6. The molecule has 0 unspecified atom stereocenters. The maximum Gasteiger partial charge on any atom is 0.104 e. The fourth-order valence-corrected chi connectivity index (χ4v) is 2.22. The number of aromatic nitrogens is 2. The molecule has 1 aromatic carbocycles. The number of rotatable bonds is 4. The number of nitriles is 1. The summed E-state index contributed by atoms with van der Waals surface area (Å²) in [7, 11) is 0. The van der Waals surface area contributed by atoms with Gasteiger partial charge in [-0.05, 0) is 37.5 Å². The van der Waals surface area contributed by atoms with Gasteiger partial charge in [-0.15, -0.1) is 0 Å². The van der Waals surface area contributed by atoms with Crippen molar-refractivity contribution in [2.45, 2.75) is 26.3 Å². The van der Waals surface area contributed by atoms with Crippen molar-refractivity contribution in [3.8, 4) is 6.07 Å². The van der Waals surface area contributed by atoms with Gasteiger partial charge in [-0.1, -0.05) is 6.07 Å². The van der Waals surface area contributed by atoms with Gasteiger partial charge in [0, 0.05) is 13.1 Å². The number of hydrogen-bond acceptors (Lipinski definition) is 3. The minimum absolute atomic E-state index is 0.0747. The molecule has 0 radical (unpaired) electrons. The number of nitrogens with zero attached hydrogens (tertiary/aromatic N) is 2. The van der Waals surface area contributed by atoms with Gasteiger partial charge < -0.3 is 10.3 Å². The van der Waals surface area contributed by atoms with Crippen LogP contribution in [0.15, 0.2) is 18.2 Å². The molecule has 1 fully saturated rings. The van der Waals surface area contributed by atoms with Gasteiger partial charge >= 0.3 is 0 Å². The van der Waals surface area contributed by atoms with Crippen molar-refractivity contribution >= 4 is 11.0 Å². The number of imidazole rings is 1. The molecular weight excluding hydrogens is 224 g/mol. The number of fused-ring (bicyclic) bond motifs is 1. The zero-order valence-corrected chi connectivity index (χ0v) is 10.5. The minimum atomic E-state index is -0.0747. The van der Waals surface area contributed by atoms with Crippen molar-refractivity contribution in [1.82, 2.24) is 15.3 Å². The highest BCUT2D eigenvalue weighted by atomic mass is 14.9. The second kappa shape index (κ2) is 4.11. The summed E-state index contributed by atoms with van der Waals surface area (Å²) in [5.74, 6) is 0.941. The Hall–Kier alpha value is -1.86. The van der Waals surface area contributed by atoms with E-state index in [1.807, 2.05) is 13.0 Å². The lowest BCUT2D eigenvalue weighted by atomic mass is 10.1. The summed E-state index contributed by atoms with van der Waals surface area (Å²) >= 11 is 0. The molecule has 18 heavy (non-hydrogen) atoms. The van der Waals surface area contributed by atoms with Gasteiger partial charge in [0.15, 0.2) is 0 Å². The first-order valence-electron chi connectivity index (χ1n) is 6.28. The highest BCUT2D eigenvalue weighted by Crippen LogP contribution is 2.44. The zero-order valence-electron chi connectivity index (χ0n) is 10.5. The van der Waals surface area contributed by atoms with E-state index in [1.54, 1.807) is 0 Å². The van der Waals surface area contributed by atoms with E-state index in [1.165, 1.54) is 5.56 Å². The van der Waals surface area contributed by atoms with Crippen molar-refractivity contribution in [3.05, 3.63) is 29.6 Å². The molecule has 3 rings (SSSR count). The molecule has 4 heteroatoms.